The van der Waals surface area contributed by atoms with Crippen LogP contribution in [0.1, 0.15) is 21.6 Å². The van der Waals surface area contributed by atoms with E-state index in [4.69, 9.17) is 5.11 Å². The summed E-state index contributed by atoms with van der Waals surface area (Å²) in [5.74, 6) is -2.06. The number of carbonyl (C=O) groups is 2. The molecule has 0 aliphatic carbocycles. The SMILES string of the molecule is O=C(O)Cc1ccc(-c2ccc(F)cc2S(=O)(=O)Nc2cnc3c(c2)C(=O)NCC3)cc1. The molecule has 0 bridgehead atoms. The van der Waals surface area contributed by atoms with Crippen molar-refractivity contribution in [1.82, 2.24) is 10.3 Å². The van der Waals surface area contributed by atoms with Crippen molar-refractivity contribution in [2.45, 2.75) is 17.7 Å². The van der Waals surface area contributed by atoms with Gasteiger partial charge in [-0.1, -0.05) is 30.3 Å². The van der Waals surface area contributed by atoms with Gasteiger partial charge in [0.2, 0.25) is 0 Å². The van der Waals surface area contributed by atoms with Crippen molar-refractivity contribution < 1.29 is 27.5 Å². The van der Waals surface area contributed by atoms with Crippen molar-refractivity contribution in [3.05, 3.63) is 77.4 Å². The number of hydrogen-bond donors (Lipinski definition) is 3. The highest BCUT2D eigenvalue weighted by molar-refractivity contribution is 7.92. The maximum Gasteiger partial charge on any atom is 0.307 e. The summed E-state index contributed by atoms with van der Waals surface area (Å²) in [7, 11) is -4.24. The van der Waals surface area contributed by atoms with Gasteiger partial charge in [-0.3, -0.25) is 19.3 Å². The molecule has 1 aromatic heterocycles. The second kappa shape index (κ2) is 8.39. The summed E-state index contributed by atoms with van der Waals surface area (Å²) in [5, 5.41) is 11.6. The first kappa shape index (κ1) is 21.4. The van der Waals surface area contributed by atoms with Crippen LogP contribution in [0, 0.1) is 5.82 Å². The van der Waals surface area contributed by atoms with E-state index in [9.17, 15) is 22.4 Å². The lowest BCUT2D eigenvalue weighted by molar-refractivity contribution is -0.136. The molecule has 3 aromatic rings. The van der Waals surface area contributed by atoms with Gasteiger partial charge in [-0.2, -0.15) is 0 Å². The number of carboxylic acid groups (broad SMARTS) is 1. The second-order valence-electron chi connectivity index (χ2n) is 7.24. The topological polar surface area (TPSA) is 125 Å². The van der Waals surface area contributed by atoms with E-state index in [0.717, 1.165) is 12.1 Å². The van der Waals surface area contributed by atoms with Crippen LogP contribution in [0.4, 0.5) is 10.1 Å². The van der Waals surface area contributed by atoms with E-state index in [1.54, 1.807) is 24.3 Å². The van der Waals surface area contributed by atoms with Gasteiger partial charge in [-0.05, 0) is 29.3 Å². The van der Waals surface area contributed by atoms with Crippen molar-refractivity contribution in [3.63, 3.8) is 0 Å². The number of benzene rings is 2. The number of carboxylic acids is 1. The molecule has 8 nitrogen and oxygen atoms in total. The summed E-state index contributed by atoms with van der Waals surface area (Å²) in [5.41, 5.74) is 2.19. The number of aromatic nitrogens is 1. The zero-order valence-electron chi connectivity index (χ0n) is 16.6. The fourth-order valence-corrected chi connectivity index (χ4v) is 4.75. The Labute approximate surface area is 183 Å². The van der Waals surface area contributed by atoms with Crippen LogP contribution in [0.2, 0.25) is 0 Å². The lowest BCUT2D eigenvalue weighted by Crippen LogP contribution is -2.32. The Morgan fingerprint density at radius 3 is 2.59 bits per heavy atom. The Bertz CT molecular complexity index is 1320. The van der Waals surface area contributed by atoms with Crippen molar-refractivity contribution in [2.75, 3.05) is 11.3 Å². The highest BCUT2D eigenvalue weighted by Gasteiger charge is 2.23. The molecule has 0 saturated carbocycles. The lowest BCUT2D eigenvalue weighted by atomic mass is 10.0. The van der Waals surface area contributed by atoms with E-state index in [2.05, 4.69) is 15.0 Å². The maximum absolute atomic E-state index is 14.0. The van der Waals surface area contributed by atoms with Crippen LogP contribution < -0.4 is 10.0 Å². The summed E-state index contributed by atoms with van der Waals surface area (Å²) in [6, 6.07) is 11.1. The molecule has 3 N–H and O–H groups in total. The molecule has 2 aromatic carbocycles. The number of carbonyl (C=O) groups excluding carboxylic acids is 1. The number of nitrogens with zero attached hydrogens (tertiary/aromatic N) is 1. The van der Waals surface area contributed by atoms with Gasteiger partial charge >= 0.3 is 5.97 Å². The van der Waals surface area contributed by atoms with Crippen molar-refractivity contribution in [3.8, 4) is 11.1 Å². The van der Waals surface area contributed by atoms with Crippen molar-refractivity contribution >= 4 is 27.6 Å². The third-order valence-electron chi connectivity index (χ3n) is 4.97. The molecule has 4 rings (SSSR count). The van der Waals surface area contributed by atoms with Gasteiger partial charge < -0.3 is 10.4 Å². The fourth-order valence-electron chi connectivity index (χ4n) is 3.48. The molecule has 1 aliphatic heterocycles. The number of halogens is 1. The number of aliphatic carboxylic acids is 1. The summed E-state index contributed by atoms with van der Waals surface area (Å²) in [4.78, 5) is 26.8. The average molecular weight is 455 g/mol. The molecular weight excluding hydrogens is 437 g/mol. The Morgan fingerprint density at radius 1 is 1.12 bits per heavy atom. The van der Waals surface area contributed by atoms with Gasteiger partial charge in [0.05, 0.1) is 34.5 Å². The monoisotopic (exact) mass is 455 g/mol. The molecule has 0 radical (unpaired) electrons. The maximum atomic E-state index is 14.0. The first-order valence-electron chi connectivity index (χ1n) is 9.63. The normalized spacial score (nSPS) is 13.2. The molecule has 0 atom stereocenters. The standard InChI is InChI=1S/C22H18FN3O5S/c23-15-5-6-17(14-3-1-13(2-4-14)9-21(27)28)20(10-15)32(30,31)26-16-11-18-19(25-12-16)7-8-24-22(18)29/h1-6,10-12,26H,7-9H2,(H,24,29)(H,27,28). The summed E-state index contributed by atoms with van der Waals surface area (Å²) >= 11 is 0. The number of fused-ring (bicyclic) bond motifs is 1. The lowest BCUT2D eigenvalue weighted by Gasteiger charge is -2.17. The quantitative estimate of drug-likeness (QED) is 0.525. The molecule has 0 saturated heterocycles. The van der Waals surface area contributed by atoms with Gasteiger partial charge in [-0.15, -0.1) is 0 Å². The van der Waals surface area contributed by atoms with Crippen LogP contribution in [0.5, 0.6) is 0 Å². The first-order chi connectivity index (χ1) is 15.2. The number of hydrogen-bond acceptors (Lipinski definition) is 5. The zero-order valence-corrected chi connectivity index (χ0v) is 17.4. The molecule has 10 heteroatoms. The minimum Gasteiger partial charge on any atom is -0.481 e. The summed E-state index contributed by atoms with van der Waals surface area (Å²) < 4.78 is 42.6. The largest absolute Gasteiger partial charge is 0.481 e. The molecule has 1 amide bonds. The molecular formula is C22H18FN3O5S. The zero-order chi connectivity index (χ0) is 22.9. The number of anilines is 1. The van der Waals surface area contributed by atoms with Gasteiger partial charge in [0.15, 0.2) is 0 Å². The molecule has 2 heterocycles. The van der Waals surface area contributed by atoms with E-state index in [0.29, 0.717) is 29.8 Å². The van der Waals surface area contributed by atoms with Gasteiger partial charge in [0.1, 0.15) is 5.82 Å². The molecule has 0 unspecified atom stereocenters. The Morgan fingerprint density at radius 2 is 1.88 bits per heavy atom. The van der Waals surface area contributed by atoms with Gasteiger partial charge in [0, 0.05) is 18.5 Å². The number of sulfonamides is 1. The minimum absolute atomic E-state index is 0.0767. The average Bonchev–Trinajstić information content (AvgIpc) is 2.74. The summed E-state index contributed by atoms with van der Waals surface area (Å²) in [6.07, 6.45) is 1.68. The Balaban J connectivity index is 1.70. The van der Waals surface area contributed by atoms with Crippen LogP contribution in [0.15, 0.2) is 59.6 Å². The Hall–Kier alpha value is -3.79. The third kappa shape index (κ3) is 4.45. The van der Waals surface area contributed by atoms with E-state index in [1.165, 1.54) is 18.3 Å². The number of pyridine rings is 1. The van der Waals surface area contributed by atoms with E-state index in [1.807, 2.05) is 0 Å². The third-order valence-corrected chi connectivity index (χ3v) is 6.39. The van der Waals surface area contributed by atoms with Crippen LogP contribution >= 0.6 is 0 Å². The first-order valence-corrected chi connectivity index (χ1v) is 11.1. The molecule has 0 fully saturated rings. The van der Waals surface area contributed by atoms with Crippen LogP contribution in [0.25, 0.3) is 11.1 Å². The number of amides is 1. The van der Waals surface area contributed by atoms with E-state index in [-0.39, 0.29) is 34.0 Å². The number of nitrogens with one attached hydrogen (secondary N) is 2. The van der Waals surface area contributed by atoms with Gasteiger partial charge in [0.25, 0.3) is 15.9 Å². The fraction of sp³-hybridized carbons (Fsp3) is 0.136. The minimum atomic E-state index is -4.24. The highest BCUT2D eigenvalue weighted by atomic mass is 32.2. The molecule has 164 valence electrons. The molecule has 32 heavy (non-hydrogen) atoms. The van der Waals surface area contributed by atoms with E-state index >= 15 is 0 Å². The van der Waals surface area contributed by atoms with Crippen LogP contribution in [-0.4, -0.2) is 36.9 Å². The van der Waals surface area contributed by atoms with Crippen molar-refractivity contribution in [2.24, 2.45) is 0 Å². The smallest absolute Gasteiger partial charge is 0.307 e. The molecule has 0 spiro atoms. The summed E-state index contributed by atoms with van der Waals surface area (Å²) in [6.45, 7) is 0.460. The van der Waals surface area contributed by atoms with Crippen molar-refractivity contribution in [1.29, 1.82) is 0 Å². The number of rotatable bonds is 6. The highest BCUT2D eigenvalue weighted by Crippen LogP contribution is 2.30. The van der Waals surface area contributed by atoms with E-state index < -0.39 is 21.8 Å². The predicted molar refractivity (Wildman–Crippen MR) is 114 cm³/mol. The molecule has 1 aliphatic rings. The van der Waals surface area contributed by atoms with Crippen LogP contribution in [-0.2, 0) is 27.7 Å². The predicted octanol–water partition coefficient (Wildman–Crippen LogP) is 2.60. The van der Waals surface area contributed by atoms with Gasteiger partial charge in [-0.25, -0.2) is 12.8 Å². The Kier molecular flexibility index (Phi) is 5.62. The van der Waals surface area contributed by atoms with Crippen LogP contribution in [0.3, 0.4) is 0 Å². The second-order valence-corrected chi connectivity index (χ2v) is 8.89.